The van der Waals surface area contributed by atoms with Crippen molar-refractivity contribution in [2.75, 3.05) is 19.5 Å². The Bertz CT molecular complexity index is 1380. The molecule has 1 aromatic heterocycles. The molecule has 4 aromatic rings. The van der Waals surface area contributed by atoms with Crippen molar-refractivity contribution in [3.8, 4) is 22.8 Å². The van der Waals surface area contributed by atoms with Crippen molar-refractivity contribution in [1.82, 2.24) is 9.78 Å². The Morgan fingerprint density at radius 2 is 1.70 bits per heavy atom. The predicted octanol–water partition coefficient (Wildman–Crippen LogP) is 5.18. The predicted molar refractivity (Wildman–Crippen MR) is 119 cm³/mol. The molecule has 33 heavy (non-hydrogen) atoms. The van der Waals surface area contributed by atoms with E-state index >= 15 is 0 Å². The van der Waals surface area contributed by atoms with Gasteiger partial charge in [0.15, 0.2) is 17.3 Å². The van der Waals surface area contributed by atoms with Crippen LogP contribution in [0.5, 0.6) is 11.5 Å². The van der Waals surface area contributed by atoms with Crippen LogP contribution in [0.25, 0.3) is 11.3 Å². The lowest BCUT2D eigenvalue weighted by atomic mass is 10.1. The van der Waals surface area contributed by atoms with E-state index in [0.29, 0.717) is 35.1 Å². The van der Waals surface area contributed by atoms with Gasteiger partial charge in [-0.05, 0) is 60.2 Å². The zero-order valence-electron chi connectivity index (χ0n) is 17.9. The monoisotopic (exact) mass is 447 g/mol. The smallest absolute Gasteiger partial charge is 0.278 e. The summed E-state index contributed by atoms with van der Waals surface area (Å²) in [5.74, 6) is 0.279. The number of carbonyl (C=O) groups excluding carboxylic acids is 1. The third kappa shape index (κ3) is 3.59. The summed E-state index contributed by atoms with van der Waals surface area (Å²) >= 11 is 0. The molecule has 3 aromatic carbocycles. The van der Waals surface area contributed by atoms with Gasteiger partial charge in [-0.2, -0.15) is 4.68 Å². The number of rotatable bonds is 5. The molecule has 0 atom stereocenters. The van der Waals surface area contributed by atoms with Crippen LogP contribution in [0.3, 0.4) is 0 Å². The summed E-state index contributed by atoms with van der Waals surface area (Å²) in [6.07, 6.45) is 0.485. The van der Waals surface area contributed by atoms with E-state index in [4.69, 9.17) is 9.47 Å². The lowest BCUT2D eigenvalue weighted by molar-refractivity contribution is 0.0947. The number of fused-ring (bicyclic) bond motifs is 3. The van der Waals surface area contributed by atoms with Gasteiger partial charge >= 0.3 is 0 Å². The first-order valence-electron chi connectivity index (χ1n) is 10.2. The van der Waals surface area contributed by atoms with Crippen molar-refractivity contribution in [3.63, 3.8) is 0 Å². The molecule has 0 bridgehead atoms. The second kappa shape index (κ2) is 8.05. The quantitative estimate of drug-likeness (QED) is 0.402. The van der Waals surface area contributed by atoms with Crippen LogP contribution in [0.4, 0.5) is 20.3 Å². The molecule has 0 fully saturated rings. The first-order chi connectivity index (χ1) is 16.0. The summed E-state index contributed by atoms with van der Waals surface area (Å²) in [7, 11) is 3.10. The van der Waals surface area contributed by atoms with E-state index in [1.54, 1.807) is 19.2 Å². The van der Waals surface area contributed by atoms with Gasteiger partial charge in [0, 0.05) is 28.8 Å². The van der Waals surface area contributed by atoms with Crippen LogP contribution in [0, 0.1) is 11.6 Å². The number of benzene rings is 3. The number of halogens is 2. The van der Waals surface area contributed by atoms with Gasteiger partial charge in [-0.25, -0.2) is 8.78 Å². The van der Waals surface area contributed by atoms with Crippen molar-refractivity contribution in [2.45, 2.75) is 6.42 Å². The van der Waals surface area contributed by atoms with Crippen LogP contribution < -0.4 is 14.8 Å². The minimum absolute atomic E-state index is 0.285. The standard InChI is InChI=1S/C25H19F2N3O3/c1-32-21-11-15-10-20-23(19(15)13-22(21)33-2)30(25(31)14-6-8-16(26)9-7-14)29-24(20)28-18-5-3-4-17(27)12-18/h3-9,11-13H,10H2,1-2H3,(H,28,29). The zero-order chi connectivity index (χ0) is 23.1. The molecule has 0 unspecified atom stereocenters. The highest BCUT2D eigenvalue weighted by atomic mass is 19.1. The van der Waals surface area contributed by atoms with Crippen molar-refractivity contribution in [1.29, 1.82) is 0 Å². The lowest BCUT2D eigenvalue weighted by Gasteiger charge is -2.12. The van der Waals surface area contributed by atoms with E-state index in [0.717, 1.165) is 16.7 Å². The maximum atomic E-state index is 13.7. The van der Waals surface area contributed by atoms with Gasteiger partial charge in [0.25, 0.3) is 5.91 Å². The minimum Gasteiger partial charge on any atom is -0.493 e. The van der Waals surface area contributed by atoms with E-state index in [1.165, 1.54) is 48.2 Å². The van der Waals surface area contributed by atoms with E-state index in [1.807, 2.05) is 12.1 Å². The summed E-state index contributed by atoms with van der Waals surface area (Å²) in [5, 5.41) is 7.65. The average Bonchev–Trinajstić information content (AvgIpc) is 3.35. The number of ether oxygens (including phenoxy) is 2. The van der Waals surface area contributed by atoms with Crippen molar-refractivity contribution < 1.29 is 23.0 Å². The molecule has 8 heteroatoms. The molecule has 1 aliphatic rings. The van der Waals surface area contributed by atoms with E-state index < -0.39 is 17.5 Å². The molecule has 0 aliphatic heterocycles. The molecule has 0 spiro atoms. The summed E-state index contributed by atoms with van der Waals surface area (Å²) < 4.78 is 39.3. The molecule has 1 aliphatic carbocycles. The number of methoxy groups -OCH3 is 2. The molecule has 166 valence electrons. The molecular formula is C25H19F2N3O3. The Balaban J connectivity index is 1.67. The maximum absolute atomic E-state index is 13.7. The molecule has 5 rings (SSSR count). The van der Waals surface area contributed by atoms with E-state index in [9.17, 15) is 13.6 Å². The van der Waals surface area contributed by atoms with Crippen LogP contribution in [0.2, 0.25) is 0 Å². The zero-order valence-corrected chi connectivity index (χ0v) is 17.9. The molecule has 1 heterocycles. The van der Waals surface area contributed by atoms with Gasteiger partial charge in [0.1, 0.15) is 11.6 Å². The third-order valence-electron chi connectivity index (χ3n) is 5.59. The summed E-state index contributed by atoms with van der Waals surface area (Å²) in [5.41, 5.74) is 3.87. The summed E-state index contributed by atoms with van der Waals surface area (Å²) in [4.78, 5) is 13.4. The number of nitrogens with zero attached hydrogens (tertiary/aromatic N) is 2. The fourth-order valence-corrected chi connectivity index (χ4v) is 4.04. The first kappa shape index (κ1) is 20.7. The highest BCUT2D eigenvalue weighted by molar-refractivity contribution is 6.00. The fraction of sp³-hybridized carbons (Fsp3) is 0.120. The van der Waals surface area contributed by atoms with Gasteiger partial charge in [-0.1, -0.05) is 6.07 Å². The topological polar surface area (TPSA) is 65.4 Å². The van der Waals surface area contributed by atoms with Gasteiger partial charge in [0.05, 0.1) is 19.9 Å². The highest BCUT2D eigenvalue weighted by Crippen LogP contribution is 2.45. The van der Waals surface area contributed by atoms with Crippen LogP contribution in [0.1, 0.15) is 21.5 Å². The van der Waals surface area contributed by atoms with Crippen molar-refractivity contribution >= 4 is 17.4 Å². The SMILES string of the molecule is COc1cc2c(cc1OC)-c1c(c(Nc3cccc(F)c3)nn1C(=O)c1ccc(F)cc1)C2. The number of hydrogen-bond donors (Lipinski definition) is 1. The molecule has 0 amide bonds. The molecular weight excluding hydrogens is 428 g/mol. The highest BCUT2D eigenvalue weighted by Gasteiger charge is 2.32. The number of hydrogen-bond acceptors (Lipinski definition) is 5. The van der Waals surface area contributed by atoms with E-state index in [-0.39, 0.29) is 5.56 Å². The third-order valence-corrected chi connectivity index (χ3v) is 5.59. The van der Waals surface area contributed by atoms with Gasteiger partial charge in [0.2, 0.25) is 0 Å². The van der Waals surface area contributed by atoms with E-state index in [2.05, 4.69) is 10.4 Å². The van der Waals surface area contributed by atoms with Crippen molar-refractivity contribution in [3.05, 3.63) is 89.0 Å². The number of aromatic nitrogens is 2. The molecule has 0 saturated carbocycles. The molecule has 0 radical (unpaired) electrons. The maximum Gasteiger partial charge on any atom is 0.278 e. The Labute approximate surface area is 188 Å². The van der Waals surface area contributed by atoms with Gasteiger partial charge in [-0.15, -0.1) is 5.10 Å². The first-order valence-corrected chi connectivity index (χ1v) is 10.2. The second-order valence-corrected chi connectivity index (χ2v) is 7.58. The van der Waals surface area contributed by atoms with Crippen LogP contribution in [-0.4, -0.2) is 29.9 Å². The molecule has 0 saturated heterocycles. The minimum atomic E-state index is -0.437. The second-order valence-electron chi connectivity index (χ2n) is 7.58. The lowest BCUT2D eigenvalue weighted by Crippen LogP contribution is -2.15. The number of carbonyl (C=O) groups is 1. The largest absolute Gasteiger partial charge is 0.493 e. The normalized spacial score (nSPS) is 11.6. The van der Waals surface area contributed by atoms with Crippen LogP contribution in [-0.2, 0) is 6.42 Å². The fourth-order valence-electron chi connectivity index (χ4n) is 4.04. The average molecular weight is 447 g/mol. The Kier molecular flexibility index (Phi) is 5.05. The summed E-state index contributed by atoms with van der Waals surface area (Å²) in [6, 6.07) is 15.0. The Hall–Kier alpha value is -4.20. The van der Waals surface area contributed by atoms with Crippen LogP contribution in [0.15, 0.2) is 60.7 Å². The molecule has 6 nitrogen and oxygen atoms in total. The number of nitrogens with one attached hydrogen (secondary N) is 1. The molecule has 1 N–H and O–H groups in total. The Morgan fingerprint density at radius 3 is 2.39 bits per heavy atom. The van der Waals surface area contributed by atoms with Crippen LogP contribution >= 0.6 is 0 Å². The van der Waals surface area contributed by atoms with Crippen molar-refractivity contribution in [2.24, 2.45) is 0 Å². The summed E-state index contributed by atoms with van der Waals surface area (Å²) in [6.45, 7) is 0. The van der Waals surface area contributed by atoms with Gasteiger partial charge in [-0.3, -0.25) is 4.79 Å². The Morgan fingerprint density at radius 1 is 0.970 bits per heavy atom. The van der Waals surface area contributed by atoms with Gasteiger partial charge < -0.3 is 14.8 Å². The number of anilines is 2.